The zero-order valence-corrected chi connectivity index (χ0v) is 13.0. The highest BCUT2D eigenvalue weighted by atomic mass is 16.5. The molecule has 3 heterocycles. The molecule has 1 atom stereocenters. The summed E-state index contributed by atoms with van der Waals surface area (Å²) in [7, 11) is 1.98. The van der Waals surface area contributed by atoms with E-state index in [0.717, 1.165) is 37.6 Å². The monoisotopic (exact) mass is 303 g/mol. The molecule has 1 aliphatic heterocycles. The van der Waals surface area contributed by atoms with E-state index < -0.39 is 0 Å². The largest absolute Gasteiger partial charge is 0.381 e. The molecule has 0 aliphatic carbocycles. The summed E-state index contributed by atoms with van der Waals surface area (Å²) in [5.74, 6) is 0.261. The lowest BCUT2D eigenvalue weighted by Gasteiger charge is -2.06. The van der Waals surface area contributed by atoms with E-state index in [9.17, 15) is 4.79 Å². The number of hydrogen-bond donors (Lipinski definition) is 1. The summed E-state index contributed by atoms with van der Waals surface area (Å²) in [4.78, 5) is 12.1. The van der Waals surface area contributed by atoms with Gasteiger partial charge in [0.25, 0.3) is 5.91 Å². The van der Waals surface area contributed by atoms with Crippen molar-refractivity contribution in [3.05, 3.63) is 35.4 Å². The second-order valence-corrected chi connectivity index (χ2v) is 5.76. The van der Waals surface area contributed by atoms with E-state index in [1.165, 1.54) is 0 Å². The van der Waals surface area contributed by atoms with Crippen molar-refractivity contribution in [3.8, 4) is 0 Å². The van der Waals surface area contributed by atoms with Crippen molar-refractivity contribution in [3.63, 3.8) is 0 Å². The smallest absolute Gasteiger partial charge is 0.273 e. The summed E-state index contributed by atoms with van der Waals surface area (Å²) >= 11 is 0. The van der Waals surface area contributed by atoms with Gasteiger partial charge < -0.3 is 14.6 Å². The van der Waals surface area contributed by atoms with Crippen LogP contribution in [0.15, 0.2) is 18.3 Å². The van der Waals surface area contributed by atoms with Crippen LogP contribution in [0.3, 0.4) is 0 Å². The van der Waals surface area contributed by atoms with Crippen molar-refractivity contribution in [1.82, 2.24) is 24.9 Å². The minimum Gasteiger partial charge on any atom is -0.381 e. The predicted octanol–water partition coefficient (Wildman–Crippen LogP) is 0.892. The Kier molecular flexibility index (Phi) is 4.24. The van der Waals surface area contributed by atoms with E-state index >= 15 is 0 Å². The summed E-state index contributed by atoms with van der Waals surface area (Å²) in [6, 6.07) is 4.04. The Balaban J connectivity index is 1.56. The summed E-state index contributed by atoms with van der Waals surface area (Å²) in [5, 5.41) is 10.8. The molecule has 1 amide bonds. The van der Waals surface area contributed by atoms with E-state index in [1.807, 2.05) is 26.1 Å². The van der Waals surface area contributed by atoms with Gasteiger partial charge in [0.2, 0.25) is 0 Å². The number of hydrogen-bond acceptors (Lipinski definition) is 4. The molecule has 0 bridgehead atoms. The van der Waals surface area contributed by atoms with E-state index in [1.54, 1.807) is 10.9 Å². The topological polar surface area (TPSA) is 74.0 Å². The van der Waals surface area contributed by atoms with Gasteiger partial charge in [0.15, 0.2) is 5.69 Å². The number of rotatable bonds is 5. The quantitative estimate of drug-likeness (QED) is 0.890. The second kappa shape index (κ2) is 6.31. The molecular weight excluding hydrogens is 282 g/mol. The van der Waals surface area contributed by atoms with Gasteiger partial charge in [-0.1, -0.05) is 5.21 Å². The molecule has 0 aromatic carbocycles. The summed E-state index contributed by atoms with van der Waals surface area (Å²) < 4.78 is 9.12. The van der Waals surface area contributed by atoms with Crippen molar-refractivity contribution >= 4 is 5.91 Å². The van der Waals surface area contributed by atoms with Crippen molar-refractivity contribution in [1.29, 1.82) is 0 Å². The first kappa shape index (κ1) is 14.8. The molecule has 1 saturated heterocycles. The lowest BCUT2D eigenvalue weighted by molar-refractivity contribution is 0.0945. The Morgan fingerprint density at radius 3 is 3.05 bits per heavy atom. The SMILES string of the molecule is Cc1ccc(CNC(=O)c2cn(CC3CCOC3)nn2)n1C. The van der Waals surface area contributed by atoms with Crippen molar-refractivity contribution < 1.29 is 9.53 Å². The minimum absolute atomic E-state index is 0.201. The Bertz CT molecular complexity index is 655. The number of nitrogens with one attached hydrogen (secondary N) is 1. The molecule has 2 aromatic rings. The standard InChI is InChI=1S/C15H21N5O2/c1-11-3-4-13(19(11)2)7-16-15(21)14-9-20(18-17-14)8-12-5-6-22-10-12/h3-4,9,12H,5-8,10H2,1-2H3,(H,16,21). The lowest BCUT2D eigenvalue weighted by Crippen LogP contribution is -2.24. The fraction of sp³-hybridized carbons (Fsp3) is 0.533. The molecule has 1 aliphatic rings. The Hall–Kier alpha value is -2.15. The molecule has 7 nitrogen and oxygen atoms in total. The van der Waals surface area contributed by atoms with Gasteiger partial charge in [0.1, 0.15) is 0 Å². The van der Waals surface area contributed by atoms with Gasteiger partial charge in [-0.25, -0.2) is 0 Å². The summed E-state index contributed by atoms with van der Waals surface area (Å²) in [5.41, 5.74) is 2.57. The van der Waals surface area contributed by atoms with Crippen LogP contribution in [0.4, 0.5) is 0 Å². The fourth-order valence-corrected chi connectivity index (χ4v) is 2.59. The highest BCUT2D eigenvalue weighted by Crippen LogP contribution is 2.14. The zero-order valence-electron chi connectivity index (χ0n) is 13.0. The summed E-state index contributed by atoms with van der Waals surface area (Å²) in [6.07, 6.45) is 2.73. The van der Waals surface area contributed by atoms with Crippen LogP contribution in [0, 0.1) is 12.8 Å². The molecule has 1 fully saturated rings. The van der Waals surface area contributed by atoms with Crippen LogP contribution in [0.5, 0.6) is 0 Å². The van der Waals surface area contributed by atoms with Gasteiger partial charge in [-0.3, -0.25) is 9.48 Å². The van der Waals surface area contributed by atoms with Crippen LogP contribution in [0.1, 0.15) is 28.3 Å². The molecule has 0 radical (unpaired) electrons. The number of aromatic nitrogens is 4. The normalized spacial score (nSPS) is 17.8. The fourth-order valence-electron chi connectivity index (χ4n) is 2.59. The maximum Gasteiger partial charge on any atom is 0.273 e. The molecule has 3 rings (SSSR count). The number of nitrogens with zero attached hydrogens (tertiary/aromatic N) is 4. The van der Waals surface area contributed by atoms with Crippen LogP contribution >= 0.6 is 0 Å². The van der Waals surface area contributed by atoms with Crippen molar-refractivity contribution in [2.45, 2.75) is 26.4 Å². The number of carbonyl (C=O) groups excluding carboxylic acids is 1. The van der Waals surface area contributed by atoms with E-state index in [4.69, 9.17) is 4.74 Å². The molecule has 118 valence electrons. The van der Waals surface area contributed by atoms with Crippen LogP contribution in [0.25, 0.3) is 0 Å². The third-order valence-electron chi connectivity index (χ3n) is 4.15. The number of aryl methyl sites for hydroxylation is 1. The van der Waals surface area contributed by atoms with Crippen molar-refractivity contribution in [2.75, 3.05) is 13.2 Å². The predicted molar refractivity (Wildman–Crippen MR) is 80.3 cm³/mol. The molecule has 1 unspecified atom stereocenters. The van der Waals surface area contributed by atoms with Gasteiger partial charge in [-0.15, -0.1) is 5.10 Å². The first-order valence-electron chi connectivity index (χ1n) is 7.51. The third kappa shape index (κ3) is 3.19. The molecular formula is C15H21N5O2. The molecule has 2 aromatic heterocycles. The van der Waals surface area contributed by atoms with Gasteiger partial charge >= 0.3 is 0 Å². The van der Waals surface area contributed by atoms with E-state index in [0.29, 0.717) is 18.2 Å². The van der Waals surface area contributed by atoms with Crippen LogP contribution in [-0.2, 0) is 24.9 Å². The van der Waals surface area contributed by atoms with Gasteiger partial charge in [-0.05, 0) is 25.5 Å². The summed E-state index contributed by atoms with van der Waals surface area (Å²) in [6.45, 7) is 4.82. The van der Waals surface area contributed by atoms with Gasteiger partial charge in [-0.2, -0.15) is 0 Å². The number of ether oxygens (including phenoxy) is 1. The molecule has 7 heteroatoms. The first-order chi connectivity index (χ1) is 10.6. The van der Waals surface area contributed by atoms with Crippen LogP contribution in [0.2, 0.25) is 0 Å². The third-order valence-corrected chi connectivity index (χ3v) is 4.15. The number of amides is 1. The maximum atomic E-state index is 12.1. The van der Waals surface area contributed by atoms with Crippen LogP contribution < -0.4 is 5.32 Å². The van der Waals surface area contributed by atoms with Crippen LogP contribution in [-0.4, -0.2) is 38.7 Å². The average Bonchev–Trinajstić information content (AvgIpc) is 3.23. The maximum absolute atomic E-state index is 12.1. The zero-order chi connectivity index (χ0) is 15.5. The van der Waals surface area contributed by atoms with Crippen molar-refractivity contribution in [2.24, 2.45) is 13.0 Å². The van der Waals surface area contributed by atoms with Gasteiger partial charge in [0, 0.05) is 37.5 Å². The molecule has 0 saturated carbocycles. The Morgan fingerprint density at radius 2 is 2.36 bits per heavy atom. The Labute approximate surface area is 129 Å². The molecule has 1 N–H and O–H groups in total. The highest BCUT2D eigenvalue weighted by Gasteiger charge is 2.18. The number of carbonyl (C=O) groups is 1. The van der Waals surface area contributed by atoms with E-state index in [2.05, 4.69) is 20.2 Å². The lowest BCUT2D eigenvalue weighted by atomic mass is 10.1. The first-order valence-corrected chi connectivity index (χ1v) is 7.51. The Morgan fingerprint density at radius 1 is 1.50 bits per heavy atom. The molecule has 22 heavy (non-hydrogen) atoms. The van der Waals surface area contributed by atoms with E-state index in [-0.39, 0.29) is 5.91 Å². The molecule has 0 spiro atoms. The second-order valence-electron chi connectivity index (χ2n) is 5.76. The average molecular weight is 303 g/mol. The highest BCUT2D eigenvalue weighted by molar-refractivity contribution is 5.91. The van der Waals surface area contributed by atoms with Gasteiger partial charge in [0.05, 0.1) is 19.3 Å². The minimum atomic E-state index is -0.201.